The molecule has 3 heterocycles. The van der Waals surface area contributed by atoms with Crippen molar-refractivity contribution in [2.45, 2.75) is 18.6 Å². The van der Waals surface area contributed by atoms with Crippen LogP contribution in [0.3, 0.4) is 0 Å². The maximum absolute atomic E-state index is 11.3. The van der Waals surface area contributed by atoms with E-state index in [0.717, 1.165) is 31.7 Å². The molecule has 0 atom stereocenters. The van der Waals surface area contributed by atoms with E-state index in [4.69, 9.17) is 9.47 Å². The summed E-state index contributed by atoms with van der Waals surface area (Å²) in [7, 11) is 1.32. The Morgan fingerprint density at radius 1 is 1.25 bits per heavy atom. The van der Waals surface area contributed by atoms with Crippen LogP contribution < -0.4 is 4.90 Å². The predicted octanol–water partition coefficient (Wildman–Crippen LogP) is 0.606. The fourth-order valence-corrected chi connectivity index (χ4v) is 2.56. The molecule has 20 heavy (non-hydrogen) atoms. The lowest BCUT2D eigenvalue weighted by atomic mass is 10.0. The summed E-state index contributed by atoms with van der Waals surface area (Å²) >= 11 is 0. The van der Waals surface area contributed by atoms with Gasteiger partial charge in [0, 0.05) is 25.9 Å². The number of esters is 1. The minimum absolute atomic E-state index is 0.215. The van der Waals surface area contributed by atoms with Crippen molar-refractivity contribution in [3.05, 3.63) is 18.1 Å². The van der Waals surface area contributed by atoms with E-state index >= 15 is 0 Å². The molecule has 0 saturated carbocycles. The highest BCUT2D eigenvalue weighted by Crippen LogP contribution is 2.32. The highest BCUT2D eigenvalue weighted by molar-refractivity contribution is 5.86. The van der Waals surface area contributed by atoms with E-state index in [1.54, 1.807) is 6.20 Å². The molecule has 1 aromatic heterocycles. The number of carbonyl (C=O) groups excluding carboxylic acids is 1. The molecule has 0 N–H and O–H groups in total. The molecule has 0 unspecified atom stereocenters. The summed E-state index contributed by atoms with van der Waals surface area (Å²) in [5.41, 5.74) is 0.215. The van der Waals surface area contributed by atoms with Crippen LogP contribution in [-0.2, 0) is 14.2 Å². The Hall–Kier alpha value is -1.73. The number of hydrogen-bond acceptors (Lipinski definition) is 7. The summed E-state index contributed by atoms with van der Waals surface area (Å²) in [5, 5.41) is 0. The summed E-state index contributed by atoms with van der Waals surface area (Å²) in [4.78, 5) is 21.8. The van der Waals surface area contributed by atoms with E-state index in [2.05, 4.69) is 19.6 Å². The Labute approximate surface area is 116 Å². The molecule has 2 aliphatic rings. The van der Waals surface area contributed by atoms with Gasteiger partial charge in [-0.3, -0.25) is 0 Å². The van der Waals surface area contributed by atoms with Gasteiger partial charge >= 0.3 is 5.97 Å². The van der Waals surface area contributed by atoms with Crippen molar-refractivity contribution in [3.8, 4) is 0 Å². The Morgan fingerprint density at radius 3 is 2.50 bits per heavy atom. The van der Waals surface area contributed by atoms with Crippen LogP contribution in [0.5, 0.6) is 0 Å². The predicted molar refractivity (Wildman–Crippen MR) is 69.5 cm³/mol. The van der Waals surface area contributed by atoms with Crippen molar-refractivity contribution >= 4 is 11.8 Å². The Morgan fingerprint density at radius 2 is 1.95 bits per heavy atom. The Balaban J connectivity index is 1.64. The average Bonchev–Trinajstić information content (AvgIpc) is 2.96. The third kappa shape index (κ3) is 2.46. The standard InChI is InChI=1S/C13H17N3O4/c1-18-12(17)10-8-15-11(9-14-10)16-4-2-13(3-5-16)19-6-7-20-13/h8-9H,2-7H2,1H3. The largest absolute Gasteiger partial charge is 0.464 e. The first-order valence-electron chi connectivity index (χ1n) is 6.66. The summed E-state index contributed by atoms with van der Waals surface area (Å²) < 4.78 is 16.0. The minimum atomic E-state index is -0.477. The summed E-state index contributed by atoms with van der Waals surface area (Å²) in [6.07, 6.45) is 4.66. The van der Waals surface area contributed by atoms with Gasteiger partial charge in [-0.15, -0.1) is 0 Å². The fourth-order valence-electron chi connectivity index (χ4n) is 2.56. The van der Waals surface area contributed by atoms with Gasteiger partial charge in [0.05, 0.1) is 32.7 Å². The highest BCUT2D eigenvalue weighted by atomic mass is 16.7. The Kier molecular flexibility index (Phi) is 3.54. The van der Waals surface area contributed by atoms with Crippen molar-refractivity contribution in [1.29, 1.82) is 0 Å². The number of methoxy groups -OCH3 is 1. The van der Waals surface area contributed by atoms with Crippen molar-refractivity contribution in [2.24, 2.45) is 0 Å². The van der Waals surface area contributed by atoms with Crippen LogP contribution in [0.25, 0.3) is 0 Å². The van der Waals surface area contributed by atoms with Crippen LogP contribution in [0.2, 0.25) is 0 Å². The number of rotatable bonds is 2. The molecular formula is C13H17N3O4. The topological polar surface area (TPSA) is 73.8 Å². The van der Waals surface area contributed by atoms with Gasteiger partial charge in [-0.05, 0) is 0 Å². The number of carbonyl (C=O) groups is 1. The normalized spacial score (nSPS) is 21.1. The van der Waals surface area contributed by atoms with E-state index < -0.39 is 11.8 Å². The van der Waals surface area contributed by atoms with Gasteiger partial charge < -0.3 is 19.1 Å². The molecule has 0 aliphatic carbocycles. The molecule has 0 bridgehead atoms. The molecule has 1 spiro atoms. The van der Waals surface area contributed by atoms with Crippen LogP contribution >= 0.6 is 0 Å². The van der Waals surface area contributed by atoms with Crippen LogP contribution in [0, 0.1) is 0 Å². The van der Waals surface area contributed by atoms with Crippen molar-refractivity contribution < 1.29 is 19.0 Å². The molecule has 2 fully saturated rings. The second-order valence-electron chi connectivity index (χ2n) is 4.85. The number of aromatic nitrogens is 2. The number of nitrogens with zero attached hydrogens (tertiary/aromatic N) is 3. The molecule has 108 valence electrons. The fraction of sp³-hybridized carbons (Fsp3) is 0.615. The summed E-state index contributed by atoms with van der Waals surface area (Å²) in [6.45, 7) is 2.94. The van der Waals surface area contributed by atoms with Gasteiger partial charge in [0.25, 0.3) is 0 Å². The van der Waals surface area contributed by atoms with E-state index in [1.165, 1.54) is 13.3 Å². The first kappa shape index (κ1) is 13.3. The molecule has 3 rings (SSSR count). The number of hydrogen-bond donors (Lipinski definition) is 0. The maximum Gasteiger partial charge on any atom is 0.358 e. The zero-order valence-corrected chi connectivity index (χ0v) is 11.4. The van der Waals surface area contributed by atoms with Gasteiger partial charge in [-0.2, -0.15) is 0 Å². The second-order valence-corrected chi connectivity index (χ2v) is 4.85. The van der Waals surface area contributed by atoms with Gasteiger partial charge in [0.15, 0.2) is 11.5 Å². The van der Waals surface area contributed by atoms with Crippen molar-refractivity contribution in [3.63, 3.8) is 0 Å². The number of piperidine rings is 1. The van der Waals surface area contributed by atoms with E-state index in [-0.39, 0.29) is 5.69 Å². The lowest BCUT2D eigenvalue weighted by Crippen LogP contribution is -2.45. The van der Waals surface area contributed by atoms with E-state index in [9.17, 15) is 4.79 Å². The maximum atomic E-state index is 11.3. The Bertz CT molecular complexity index is 475. The quantitative estimate of drug-likeness (QED) is 0.734. The molecule has 2 aliphatic heterocycles. The smallest absolute Gasteiger partial charge is 0.358 e. The first-order chi connectivity index (χ1) is 9.72. The minimum Gasteiger partial charge on any atom is -0.464 e. The average molecular weight is 279 g/mol. The second kappa shape index (κ2) is 5.34. The van der Waals surface area contributed by atoms with Crippen molar-refractivity contribution in [2.75, 3.05) is 38.3 Å². The lowest BCUT2D eigenvalue weighted by molar-refractivity contribution is -0.169. The zero-order valence-electron chi connectivity index (χ0n) is 11.4. The summed E-state index contributed by atoms with van der Waals surface area (Å²) in [5.74, 6) is -0.115. The van der Waals surface area contributed by atoms with Gasteiger partial charge in [-0.1, -0.05) is 0 Å². The lowest BCUT2D eigenvalue weighted by Gasteiger charge is -2.37. The van der Waals surface area contributed by atoms with Crippen LogP contribution in [-0.4, -0.2) is 55.1 Å². The van der Waals surface area contributed by atoms with Crippen LogP contribution in [0.1, 0.15) is 23.3 Å². The SMILES string of the molecule is COC(=O)c1cnc(N2CCC3(CC2)OCCO3)cn1. The van der Waals surface area contributed by atoms with Gasteiger partial charge in [-0.25, -0.2) is 14.8 Å². The number of ether oxygens (including phenoxy) is 3. The summed E-state index contributed by atoms with van der Waals surface area (Å²) in [6, 6.07) is 0. The molecule has 7 nitrogen and oxygen atoms in total. The van der Waals surface area contributed by atoms with E-state index in [1.807, 2.05) is 0 Å². The highest BCUT2D eigenvalue weighted by Gasteiger charge is 2.40. The van der Waals surface area contributed by atoms with Gasteiger partial charge in [0.1, 0.15) is 5.82 Å². The molecule has 7 heteroatoms. The van der Waals surface area contributed by atoms with Gasteiger partial charge in [0.2, 0.25) is 0 Å². The molecule has 0 aromatic carbocycles. The number of anilines is 1. The van der Waals surface area contributed by atoms with E-state index in [0.29, 0.717) is 13.2 Å². The molecular weight excluding hydrogens is 262 g/mol. The molecule has 0 amide bonds. The van der Waals surface area contributed by atoms with Crippen LogP contribution in [0.15, 0.2) is 12.4 Å². The third-order valence-electron chi connectivity index (χ3n) is 3.70. The first-order valence-corrected chi connectivity index (χ1v) is 6.66. The molecule has 2 saturated heterocycles. The van der Waals surface area contributed by atoms with Crippen molar-refractivity contribution in [1.82, 2.24) is 9.97 Å². The molecule has 0 radical (unpaired) electrons. The third-order valence-corrected chi connectivity index (χ3v) is 3.70. The van der Waals surface area contributed by atoms with Crippen LogP contribution in [0.4, 0.5) is 5.82 Å². The monoisotopic (exact) mass is 279 g/mol. The molecule has 1 aromatic rings. The zero-order chi connectivity index (χ0) is 14.0.